The van der Waals surface area contributed by atoms with Crippen LogP contribution in [0, 0.1) is 0 Å². The first kappa shape index (κ1) is 12.4. The lowest BCUT2D eigenvalue weighted by molar-refractivity contribution is 0.198. The molecule has 0 aliphatic carbocycles. The van der Waals surface area contributed by atoms with Gasteiger partial charge in [0.25, 0.3) is 0 Å². The summed E-state index contributed by atoms with van der Waals surface area (Å²) in [6.07, 6.45) is -0.782. The number of hydrogen-bond donors (Lipinski definition) is 2. The molecular weight excluding hydrogens is 238 g/mol. The molecule has 0 saturated heterocycles. The molecule has 0 aliphatic rings. The van der Waals surface area contributed by atoms with Gasteiger partial charge in [-0.1, -0.05) is 23.7 Å². The molecule has 0 amide bonds. The van der Waals surface area contributed by atoms with Crippen molar-refractivity contribution in [3.05, 3.63) is 34.9 Å². The first-order valence-electron chi connectivity index (χ1n) is 4.30. The number of sulfonamides is 1. The number of benzene rings is 1. The van der Waals surface area contributed by atoms with Crippen molar-refractivity contribution in [1.82, 2.24) is 0 Å². The number of hydrogen-bond acceptors (Lipinski definition) is 3. The van der Waals surface area contributed by atoms with Gasteiger partial charge in [-0.25, -0.2) is 13.6 Å². The molecular formula is C9H12ClNO3S. The Hall–Kier alpha value is -0.620. The van der Waals surface area contributed by atoms with E-state index < -0.39 is 21.9 Å². The molecule has 1 aromatic rings. The number of nitrogens with two attached hydrogens (primary N) is 1. The monoisotopic (exact) mass is 249 g/mol. The average Bonchev–Trinajstić information content (AvgIpc) is 1.99. The third-order valence-electron chi connectivity index (χ3n) is 1.79. The molecule has 0 heterocycles. The highest BCUT2D eigenvalue weighted by atomic mass is 35.5. The second-order valence-corrected chi connectivity index (χ2v) is 5.41. The molecule has 0 radical (unpaired) electrons. The van der Waals surface area contributed by atoms with Gasteiger partial charge in [-0.15, -0.1) is 0 Å². The Morgan fingerprint density at radius 2 is 2.13 bits per heavy atom. The Morgan fingerprint density at radius 3 is 2.67 bits per heavy atom. The van der Waals surface area contributed by atoms with Gasteiger partial charge in [0, 0.05) is 5.02 Å². The van der Waals surface area contributed by atoms with E-state index in [9.17, 15) is 13.5 Å². The Bertz CT molecular complexity index is 433. The van der Waals surface area contributed by atoms with E-state index in [4.69, 9.17) is 16.7 Å². The van der Waals surface area contributed by atoms with E-state index in [2.05, 4.69) is 0 Å². The van der Waals surface area contributed by atoms with E-state index in [0.717, 1.165) is 5.56 Å². The molecule has 15 heavy (non-hydrogen) atoms. The third-order valence-corrected chi connectivity index (χ3v) is 2.87. The van der Waals surface area contributed by atoms with Crippen molar-refractivity contribution in [2.24, 2.45) is 5.14 Å². The van der Waals surface area contributed by atoms with E-state index >= 15 is 0 Å². The third kappa shape index (κ3) is 5.13. The van der Waals surface area contributed by atoms with E-state index in [1.54, 1.807) is 24.3 Å². The molecule has 0 bridgehead atoms. The van der Waals surface area contributed by atoms with Crippen LogP contribution in [0.2, 0.25) is 5.02 Å². The van der Waals surface area contributed by atoms with Crippen LogP contribution in [0.3, 0.4) is 0 Å². The van der Waals surface area contributed by atoms with Crippen molar-refractivity contribution in [2.45, 2.75) is 12.5 Å². The highest BCUT2D eigenvalue weighted by Gasteiger charge is 2.13. The van der Waals surface area contributed by atoms with Gasteiger partial charge in [0.2, 0.25) is 10.0 Å². The topological polar surface area (TPSA) is 80.4 Å². The lowest BCUT2D eigenvalue weighted by Crippen LogP contribution is -2.28. The molecule has 1 rings (SSSR count). The van der Waals surface area contributed by atoms with Gasteiger partial charge in [0.05, 0.1) is 11.9 Å². The molecule has 84 valence electrons. The zero-order valence-electron chi connectivity index (χ0n) is 7.93. The maximum atomic E-state index is 10.7. The predicted octanol–water partition coefficient (Wildman–Crippen LogP) is 0.532. The first-order chi connectivity index (χ1) is 6.87. The average molecular weight is 250 g/mol. The second-order valence-electron chi connectivity index (χ2n) is 3.32. The molecule has 4 nitrogen and oxygen atoms in total. The maximum absolute atomic E-state index is 10.7. The van der Waals surface area contributed by atoms with E-state index in [-0.39, 0.29) is 6.42 Å². The fraction of sp³-hybridized carbons (Fsp3) is 0.333. The zero-order valence-corrected chi connectivity index (χ0v) is 9.50. The van der Waals surface area contributed by atoms with Crippen LogP contribution in [0.25, 0.3) is 0 Å². The molecule has 6 heteroatoms. The molecule has 1 atom stereocenters. The van der Waals surface area contributed by atoms with E-state index in [0.29, 0.717) is 5.02 Å². The summed E-state index contributed by atoms with van der Waals surface area (Å²) in [4.78, 5) is 0. The summed E-state index contributed by atoms with van der Waals surface area (Å²) in [6.45, 7) is 0. The molecule has 1 aromatic carbocycles. The Balaban J connectivity index is 2.63. The van der Waals surface area contributed by atoms with Crippen LogP contribution in [0.5, 0.6) is 0 Å². The van der Waals surface area contributed by atoms with Crippen LogP contribution >= 0.6 is 11.6 Å². The quantitative estimate of drug-likeness (QED) is 0.817. The number of halogens is 1. The second kappa shape index (κ2) is 4.94. The smallest absolute Gasteiger partial charge is 0.211 e. The minimum Gasteiger partial charge on any atom is -0.392 e. The van der Waals surface area contributed by atoms with Gasteiger partial charge in [0.1, 0.15) is 0 Å². The van der Waals surface area contributed by atoms with Crippen LogP contribution in [-0.2, 0) is 16.4 Å². The molecule has 0 aromatic heterocycles. The number of primary sulfonamides is 1. The fourth-order valence-electron chi connectivity index (χ4n) is 1.26. The Kier molecular flexibility index (Phi) is 4.10. The van der Waals surface area contributed by atoms with Gasteiger partial charge in [-0.2, -0.15) is 0 Å². The van der Waals surface area contributed by atoms with Crippen molar-refractivity contribution < 1.29 is 13.5 Å². The van der Waals surface area contributed by atoms with Gasteiger partial charge in [-0.05, 0) is 24.1 Å². The standard InChI is InChI=1S/C9H12ClNO3S/c10-8-3-1-2-7(4-8)5-9(12)6-15(11,13)14/h1-4,9,12H,5-6H2,(H2,11,13,14). The van der Waals surface area contributed by atoms with Crippen molar-refractivity contribution >= 4 is 21.6 Å². The highest BCUT2D eigenvalue weighted by Crippen LogP contribution is 2.12. The summed E-state index contributed by atoms with van der Waals surface area (Å²) >= 11 is 5.74. The van der Waals surface area contributed by atoms with Gasteiger partial charge < -0.3 is 5.11 Å². The Labute approximate surface area is 93.7 Å². The largest absolute Gasteiger partial charge is 0.392 e. The van der Waals surface area contributed by atoms with Crippen molar-refractivity contribution in [3.8, 4) is 0 Å². The lowest BCUT2D eigenvalue weighted by Gasteiger charge is -2.08. The van der Waals surface area contributed by atoms with Crippen molar-refractivity contribution in [1.29, 1.82) is 0 Å². The normalized spacial score (nSPS) is 13.8. The number of aliphatic hydroxyl groups is 1. The van der Waals surface area contributed by atoms with E-state index in [1.165, 1.54) is 0 Å². The van der Waals surface area contributed by atoms with Crippen LogP contribution in [0.1, 0.15) is 5.56 Å². The number of aliphatic hydroxyl groups excluding tert-OH is 1. The summed E-state index contributed by atoms with van der Waals surface area (Å²) in [6, 6.07) is 6.88. The minimum absolute atomic E-state index is 0.219. The molecule has 0 fully saturated rings. The molecule has 0 aliphatic heterocycles. The highest BCUT2D eigenvalue weighted by molar-refractivity contribution is 7.89. The molecule has 3 N–H and O–H groups in total. The van der Waals surface area contributed by atoms with Crippen molar-refractivity contribution in [2.75, 3.05) is 5.75 Å². The van der Waals surface area contributed by atoms with Crippen LogP contribution in [0.4, 0.5) is 0 Å². The summed E-state index contributed by atoms with van der Waals surface area (Å²) in [5.74, 6) is -0.445. The maximum Gasteiger partial charge on any atom is 0.211 e. The summed E-state index contributed by atoms with van der Waals surface area (Å²) in [7, 11) is -3.64. The van der Waals surface area contributed by atoms with Gasteiger partial charge >= 0.3 is 0 Å². The Morgan fingerprint density at radius 1 is 1.47 bits per heavy atom. The lowest BCUT2D eigenvalue weighted by atomic mass is 10.1. The first-order valence-corrected chi connectivity index (χ1v) is 6.39. The summed E-state index contributed by atoms with van der Waals surface area (Å²) in [5, 5.41) is 14.8. The molecule has 0 saturated carbocycles. The predicted molar refractivity (Wildman–Crippen MR) is 59.1 cm³/mol. The molecule has 1 unspecified atom stereocenters. The van der Waals surface area contributed by atoms with E-state index in [1.807, 2.05) is 0 Å². The summed E-state index contributed by atoms with van der Waals surface area (Å²) < 4.78 is 21.4. The van der Waals surface area contributed by atoms with Gasteiger partial charge in [-0.3, -0.25) is 0 Å². The zero-order chi connectivity index (χ0) is 11.5. The SMILES string of the molecule is NS(=O)(=O)CC(O)Cc1cccc(Cl)c1. The molecule has 0 spiro atoms. The van der Waals surface area contributed by atoms with Crippen LogP contribution in [0.15, 0.2) is 24.3 Å². The summed E-state index contributed by atoms with van der Waals surface area (Å²) in [5.41, 5.74) is 0.777. The minimum atomic E-state index is -3.64. The van der Waals surface area contributed by atoms with Gasteiger partial charge in [0.15, 0.2) is 0 Å². The van der Waals surface area contributed by atoms with Crippen LogP contribution in [-0.4, -0.2) is 25.4 Å². The van der Waals surface area contributed by atoms with Crippen LogP contribution < -0.4 is 5.14 Å². The van der Waals surface area contributed by atoms with Crippen molar-refractivity contribution in [3.63, 3.8) is 0 Å². The fourth-order valence-corrected chi connectivity index (χ4v) is 2.13. The number of rotatable bonds is 4.